The number of nitrogens with zero attached hydrogens (tertiary/aromatic N) is 2. The van der Waals surface area contributed by atoms with Gasteiger partial charge in [-0.15, -0.1) is 0 Å². The SMILES string of the molecule is Clc1ncc(-c2ccc(Br)o2)c(Cl)n1. The van der Waals surface area contributed by atoms with E-state index in [0.29, 0.717) is 16.0 Å². The average Bonchev–Trinajstić information content (AvgIpc) is 2.51. The molecule has 0 bridgehead atoms. The van der Waals surface area contributed by atoms with Gasteiger partial charge in [0.2, 0.25) is 5.28 Å². The first kappa shape index (κ1) is 9.96. The summed E-state index contributed by atoms with van der Waals surface area (Å²) in [6.07, 6.45) is 1.52. The van der Waals surface area contributed by atoms with Crippen molar-refractivity contribution in [3.8, 4) is 11.3 Å². The lowest BCUT2D eigenvalue weighted by atomic mass is 10.3. The van der Waals surface area contributed by atoms with Gasteiger partial charge in [-0.25, -0.2) is 9.97 Å². The van der Waals surface area contributed by atoms with Crippen LogP contribution in [0.25, 0.3) is 11.3 Å². The molecule has 0 aliphatic carbocycles. The topological polar surface area (TPSA) is 38.9 Å². The number of halogens is 3. The molecular weight excluding hydrogens is 291 g/mol. The van der Waals surface area contributed by atoms with E-state index < -0.39 is 0 Å². The molecule has 2 rings (SSSR count). The summed E-state index contributed by atoms with van der Waals surface area (Å²) in [6, 6.07) is 3.53. The summed E-state index contributed by atoms with van der Waals surface area (Å²) >= 11 is 14.6. The van der Waals surface area contributed by atoms with E-state index in [0.717, 1.165) is 0 Å². The first-order valence-corrected chi connectivity index (χ1v) is 5.15. The van der Waals surface area contributed by atoms with Crippen molar-refractivity contribution in [1.82, 2.24) is 9.97 Å². The summed E-state index contributed by atoms with van der Waals surface area (Å²) in [5.74, 6) is 0.596. The Balaban J connectivity index is 2.52. The highest BCUT2D eigenvalue weighted by Gasteiger charge is 2.09. The molecule has 2 aromatic heterocycles. The van der Waals surface area contributed by atoms with Crippen LogP contribution in [0.4, 0.5) is 0 Å². The van der Waals surface area contributed by atoms with Gasteiger partial charge in [0.15, 0.2) is 4.67 Å². The van der Waals surface area contributed by atoms with Crippen LogP contribution in [0.5, 0.6) is 0 Å². The van der Waals surface area contributed by atoms with Crippen LogP contribution in [0.1, 0.15) is 0 Å². The van der Waals surface area contributed by atoms with E-state index in [1.165, 1.54) is 6.20 Å². The van der Waals surface area contributed by atoms with Gasteiger partial charge < -0.3 is 4.42 Å². The maximum absolute atomic E-state index is 5.86. The van der Waals surface area contributed by atoms with Crippen molar-refractivity contribution >= 4 is 39.1 Å². The predicted molar refractivity (Wildman–Crippen MR) is 57.5 cm³/mol. The zero-order valence-corrected chi connectivity index (χ0v) is 9.77. The number of aromatic nitrogens is 2. The number of furan rings is 1. The fourth-order valence-corrected chi connectivity index (χ4v) is 1.67. The van der Waals surface area contributed by atoms with Crippen molar-refractivity contribution in [3.05, 3.63) is 33.4 Å². The lowest BCUT2D eigenvalue weighted by molar-refractivity contribution is 0.555. The van der Waals surface area contributed by atoms with E-state index in [9.17, 15) is 0 Å². The van der Waals surface area contributed by atoms with Crippen molar-refractivity contribution in [2.75, 3.05) is 0 Å². The third-order valence-electron chi connectivity index (χ3n) is 1.55. The van der Waals surface area contributed by atoms with Crippen LogP contribution in [0.3, 0.4) is 0 Å². The van der Waals surface area contributed by atoms with E-state index in [-0.39, 0.29) is 10.4 Å². The lowest BCUT2D eigenvalue weighted by Gasteiger charge is -1.98. The van der Waals surface area contributed by atoms with Crippen LogP contribution in [-0.4, -0.2) is 9.97 Å². The molecule has 0 amide bonds. The molecule has 0 fully saturated rings. The highest BCUT2D eigenvalue weighted by atomic mass is 79.9. The smallest absolute Gasteiger partial charge is 0.223 e. The maximum Gasteiger partial charge on any atom is 0.223 e. The van der Waals surface area contributed by atoms with Gasteiger partial charge in [0, 0.05) is 6.20 Å². The van der Waals surface area contributed by atoms with Crippen LogP contribution < -0.4 is 0 Å². The fourth-order valence-electron chi connectivity index (χ4n) is 0.966. The molecule has 0 aliphatic heterocycles. The Hall–Kier alpha value is -0.580. The molecule has 14 heavy (non-hydrogen) atoms. The Labute approximate surface area is 98.2 Å². The molecule has 0 saturated carbocycles. The molecule has 72 valence electrons. The first-order chi connectivity index (χ1) is 6.66. The van der Waals surface area contributed by atoms with Crippen LogP contribution in [0, 0.1) is 0 Å². The van der Waals surface area contributed by atoms with Gasteiger partial charge >= 0.3 is 0 Å². The molecule has 0 atom stereocenters. The second-order valence-corrected chi connectivity index (χ2v) is 3.92. The summed E-state index contributed by atoms with van der Waals surface area (Å²) in [6.45, 7) is 0. The van der Waals surface area contributed by atoms with Crippen molar-refractivity contribution in [2.24, 2.45) is 0 Å². The molecule has 0 spiro atoms. The Bertz CT molecular complexity index is 472. The van der Waals surface area contributed by atoms with Crippen molar-refractivity contribution in [3.63, 3.8) is 0 Å². The predicted octanol–water partition coefficient (Wildman–Crippen LogP) is 3.81. The maximum atomic E-state index is 5.86. The first-order valence-electron chi connectivity index (χ1n) is 3.60. The third-order valence-corrected chi connectivity index (χ3v) is 2.45. The highest BCUT2D eigenvalue weighted by Crippen LogP contribution is 2.29. The molecule has 0 unspecified atom stereocenters. The van der Waals surface area contributed by atoms with E-state index in [1.807, 2.05) is 0 Å². The van der Waals surface area contributed by atoms with Crippen LogP contribution in [0.2, 0.25) is 10.4 Å². The monoisotopic (exact) mass is 292 g/mol. The molecule has 2 aromatic rings. The number of rotatable bonds is 1. The standard InChI is InChI=1S/C8H3BrCl2N2O/c9-6-2-1-5(14-6)4-3-12-8(11)13-7(4)10/h1-3H. The zero-order chi connectivity index (χ0) is 10.1. The second-order valence-electron chi connectivity index (χ2n) is 2.45. The minimum atomic E-state index is 0.115. The Kier molecular flexibility index (Phi) is 2.76. The molecule has 0 radical (unpaired) electrons. The highest BCUT2D eigenvalue weighted by molar-refractivity contribution is 9.10. The minimum Gasteiger partial charge on any atom is -0.449 e. The molecule has 0 N–H and O–H groups in total. The van der Waals surface area contributed by atoms with E-state index in [4.69, 9.17) is 27.6 Å². The molecule has 6 heteroatoms. The summed E-state index contributed by atoms with van der Waals surface area (Å²) in [5.41, 5.74) is 0.613. The van der Waals surface area contributed by atoms with E-state index in [2.05, 4.69) is 25.9 Å². The van der Waals surface area contributed by atoms with Crippen LogP contribution in [0.15, 0.2) is 27.4 Å². The Morgan fingerprint density at radius 1 is 1.29 bits per heavy atom. The average molecular weight is 294 g/mol. The van der Waals surface area contributed by atoms with E-state index in [1.54, 1.807) is 12.1 Å². The summed E-state index contributed by atoms with van der Waals surface area (Å²) < 4.78 is 5.92. The van der Waals surface area contributed by atoms with Gasteiger partial charge in [-0.05, 0) is 39.7 Å². The lowest BCUT2D eigenvalue weighted by Crippen LogP contribution is -1.85. The van der Waals surface area contributed by atoms with Gasteiger partial charge in [-0.2, -0.15) is 0 Å². The van der Waals surface area contributed by atoms with Crippen molar-refractivity contribution in [1.29, 1.82) is 0 Å². The third kappa shape index (κ3) is 1.92. The molecule has 2 heterocycles. The molecule has 0 aromatic carbocycles. The molecular formula is C8H3BrCl2N2O. The molecule has 0 saturated heterocycles. The summed E-state index contributed by atoms with van der Waals surface area (Å²) in [4.78, 5) is 7.62. The van der Waals surface area contributed by atoms with Crippen LogP contribution in [-0.2, 0) is 0 Å². The van der Waals surface area contributed by atoms with Gasteiger partial charge in [0.1, 0.15) is 10.9 Å². The number of hydrogen-bond acceptors (Lipinski definition) is 3. The minimum absolute atomic E-state index is 0.115. The van der Waals surface area contributed by atoms with E-state index >= 15 is 0 Å². The zero-order valence-electron chi connectivity index (χ0n) is 6.67. The summed E-state index contributed by atoms with van der Waals surface area (Å²) in [7, 11) is 0. The fraction of sp³-hybridized carbons (Fsp3) is 0. The molecule has 0 aliphatic rings. The normalized spacial score (nSPS) is 10.5. The van der Waals surface area contributed by atoms with Crippen LogP contribution >= 0.6 is 39.1 Å². The Morgan fingerprint density at radius 2 is 2.07 bits per heavy atom. The van der Waals surface area contributed by atoms with Gasteiger partial charge in [-0.3, -0.25) is 0 Å². The van der Waals surface area contributed by atoms with Crippen molar-refractivity contribution < 1.29 is 4.42 Å². The van der Waals surface area contributed by atoms with Crippen molar-refractivity contribution in [2.45, 2.75) is 0 Å². The van der Waals surface area contributed by atoms with Gasteiger partial charge in [0.05, 0.1) is 5.56 Å². The van der Waals surface area contributed by atoms with Gasteiger partial charge in [0.25, 0.3) is 0 Å². The number of hydrogen-bond donors (Lipinski definition) is 0. The second kappa shape index (κ2) is 3.88. The Morgan fingerprint density at radius 3 is 2.64 bits per heavy atom. The van der Waals surface area contributed by atoms with Gasteiger partial charge in [-0.1, -0.05) is 11.6 Å². The quantitative estimate of drug-likeness (QED) is 0.593. The largest absolute Gasteiger partial charge is 0.449 e. The summed E-state index contributed by atoms with van der Waals surface area (Å²) in [5, 5.41) is 0.385. The molecule has 3 nitrogen and oxygen atoms in total.